The van der Waals surface area contributed by atoms with Gasteiger partial charge in [0.1, 0.15) is 5.15 Å². The molecule has 2 N–H and O–H groups in total. The average Bonchev–Trinajstić information content (AvgIpc) is 3.28. The lowest BCUT2D eigenvalue weighted by molar-refractivity contribution is 0.236. The minimum atomic E-state index is -0.159. The molecule has 0 atom stereocenters. The molecule has 0 aliphatic heterocycles. The van der Waals surface area contributed by atoms with Crippen LogP contribution in [0.2, 0.25) is 5.15 Å². The predicted octanol–water partition coefficient (Wildman–Crippen LogP) is 4.10. The molecule has 2 aromatic heterocycles. The molecule has 1 aromatic carbocycles. The minimum Gasteiger partial charge on any atom is -0.335 e. The summed E-state index contributed by atoms with van der Waals surface area (Å²) in [5, 5.41) is 10.7. The summed E-state index contributed by atoms with van der Waals surface area (Å²) in [6.45, 7) is 2.36. The van der Waals surface area contributed by atoms with Gasteiger partial charge in [0.15, 0.2) is 5.65 Å². The Morgan fingerprint density at radius 3 is 2.67 bits per heavy atom. The van der Waals surface area contributed by atoms with E-state index in [4.69, 9.17) is 16.6 Å². The molecule has 0 radical (unpaired) electrons. The zero-order valence-corrected chi connectivity index (χ0v) is 16.0. The van der Waals surface area contributed by atoms with Crippen molar-refractivity contribution in [1.82, 2.24) is 25.2 Å². The normalized spacial score (nSPS) is 14.6. The molecule has 7 heteroatoms. The van der Waals surface area contributed by atoms with E-state index in [0.717, 1.165) is 29.8 Å². The van der Waals surface area contributed by atoms with Crippen molar-refractivity contribution in [3.8, 4) is 11.3 Å². The summed E-state index contributed by atoms with van der Waals surface area (Å²) >= 11 is 6.08. The molecule has 3 aromatic rings. The van der Waals surface area contributed by atoms with Crippen LogP contribution in [0.4, 0.5) is 4.79 Å². The standard InChI is InChI=1S/C20H22ClN5O/c1-13-6-8-14(9-7-13)19-16(26-18(24-19)11-10-17(21)25-26)12-22-20(27)23-15-4-2-3-5-15/h6-11,15H,2-5,12H2,1H3,(H2,22,23,27). The topological polar surface area (TPSA) is 71.3 Å². The third-order valence-corrected chi connectivity index (χ3v) is 5.17. The lowest BCUT2D eigenvalue weighted by Crippen LogP contribution is -2.40. The highest BCUT2D eigenvalue weighted by Crippen LogP contribution is 2.25. The van der Waals surface area contributed by atoms with Crippen LogP contribution >= 0.6 is 11.6 Å². The van der Waals surface area contributed by atoms with Crippen molar-refractivity contribution in [1.29, 1.82) is 0 Å². The molecule has 1 saturated carbocycles. The van der Waals surface area contributed by atoms with Crippen molar-refractivity contribution < 1.29 is 4.79 Å². The van der Waals surface area contributed by atoms with Gasteiger partial charge in [-0.05, 0) is 31.9 Å². The van der Waals surface area contributed by atoms with Gasteiger partial charge in [0.25, 0.3) is 0 Å². The molecule has 1 aliphatic carbocycles. The fourth-order valence-corrected chi connectivity index (χ4v) is 3.67. The van der Waals surface area contributed by atoms with Gasteiger partial charge >= 0.3 is 6.03 Å². The van der Waals surface area contributed by atoms with Crippen LogP contribution < -0.4 is 10.6 Å². The Hall–Kier alpha value is -2.60. The van der Waals surface area contributed by atoms with E-state index in [1.807, 2.05) is 37.3 Å². The van der Waals surface area contributed by atoms with Crippen molar-refractivity contribution in [2.75, 3.05) is 0 Å². The number of imidazole rings is 1. The number of nitrogens with zero attached hydrogens (tertiary/aromatic N) is 3. The number of hydrogen-bond donors (Lipinski definition) is 2. The predicted molar refractivity (Wildman–Crippen MR) is 106 cm³/mol. The second-order valence-electron chi connectivity index (χ2n) is 7.01. The van der Waals surface area contributed by atoms with E-state index >= 15 is 0 Å². The zero-order chi connectivity index (χ0) is 18.8. The number of hydrogen-bond acceptors (Lipinski definition) is 3. The van der Waals surface area contributed by atoms with Crippen molar-refractivity contribution in [2.45, 2.75) is 45.2 Å². The summed E-state index contributed by atoms with van der Waals surface area (Å²) in [5.74, 6) is 0. The highest BCUT2D eigenvalue weighted by atomic mass is 35.5. The second-order valence-corrected chi connectivity index (χ2v) is 7.39. The van der Waals surface area contributed by atoms with Crippen LogP contribution in [-0.2, 0) is 6.54 Å². The Balaban J connectivity index is 1.62. The van der Waals surface area contributed by atoms with Crippen LogP contribution in [0.1, 0.15) is 36.9 Å². The van der Waals surface area contributed by atoms with Gasteiger partial charge in [-0.2, -0.15) is 5.10 Å². The van der Waals surface area contributed by atoms with Gasteiger partial charge in [0.2, 0.25) is 0 Å². The quantitative estimate of drug-likeness (QED) is 0.712. The van der Waals surface area contributed by atoms with E-state index in [2.05, 4.69) is 15.7 Å². The largest absolute Gasteiger partial charge is 0.335 e. The summed E-state index contributed by atoms with van der Waals surface area (Å²) in [6.07, 6.45) is 4.46. The highest BCUT2D eigenvalue weighted by molar-refractivity contribution is 6.29. The molecule has 4 rings (SSSR count). The maximum Gasteiger partial charge on any atom is 0.315 e. The Morgan fingerprint density at radius 1 is 1.19 bits per heavy atom. The fourth-order valence-electron chi connectivity index (χ4n) is 3.53. The monoisotopic (exact) mass is 383 g/mol. The molecule has 6 nitrogen and oxygen atoms in total. The third-order valence-electron chi connectivity index (χ3n) is 4.97. The molecule has 27 heavy (non-hydrogen) atoms. The Labute approximate surface area is 162 Å². The minimum absolute atomic E-state index is 0.159. The average molecular weight is 384 g/mol. The molecule has 2 heterocycles. The first-order valence-electron chi connectivity index (χ1n) is 9.26. The molecular formula is C20H22ClN5O. The second kappa shape index (κ2) is 7.56. The molecular weight excluding hydrogens is 362 g/mol. The number of nitrogens with one attached hydrogen (secondary N) is 2. The Bertz CT molecular complexity index is 960. The summed E-state index contributed by atoms with van der Waals surface area (Å²) < 4.78 is 1.70. The highest BCUT2D eigenvalue weighted by Gasteiger charge is 2.19. The van der Waals surface area contributed by atoms with Gasteiger partial charge < -0.3 is 10.6 Å². The van der Waals surface area contributed by atoms with Crippen LogP contribution in [0.3, 0.4) is 0 Å². The smallest absolute Gasteiger partial charge is 0.315 e. The molecule has 140 valence electrons. The molecule has 1 fully saturated rings. The van der Waals surface area contributed by atoms with Crippen molar-refractivity contribution in [3.63, 3.8) is 0 Å². The third kappa shape index (κ3) is 3.90. The maximum atomic E-state index is 12.3. The molecule has 0 spiro atoms. The van der Waals surface area contributed by atoms with E-state index in [0.29, 0.717) is 17.3 Å². The molecule has 0 bridgehead atoms. The number of urea groups is 1. The van der Waals surface area contributed by atoms with E-state index in [1.165, 1.54) is 18.4 Å². The maximum absolute atomic E-state index is 12.3. The number of carbonyl (C=O) groups is 1. The number of benzene rings is 1. The summed E-state index contributed by atoms with van der Waals surface area (Å²) in [5.41, 5.74) is 4.46. The van der Waals surface area contributed by atoms with Gasteiger partial charge in [0, 0.05) is 11.6 Å². The van der Waals surface area contributed by atoms with Gasteiger partial charge in [-0.1, -0.05) is 54.3 Å². The first kappa shape index (κ1) is 17.8. The first-order valence-corrected chi connectivity index (χ1v) is 9.63. The SMILES string of the molecule is Cc1ccc(-c2nc3ccc(Cl)nn3c2CNC(=O)NC2CCCC2)cc1. The van der Waals surface area contributed by atoms with Crippen molar-refractivity contribution in [2.24, 2.45) is 0 Å². The van der Waals surface area contributed by atoms with Gasteiger partial charge in [-0.15, -0.1) is 0 Å². The van der Waals surface area contributed by atoms with Crippen LogP contribution in [0.25, 0.3) is 16.9 Å². The number of aromatic nitrogens is 3. The van der Waals surface area contributed by atoms with Crippen LogP contribution in [-0.4, -0.2) is 26.7 Å². The number of amides is 2. The van der Waals surface area contributed by atoms with E-state index in [-0.39, 0.29) is 12.1 Å². The molecule has 1 aliphatic rings. The zero-order valence-electron chi connectivity index (χ0n) is 15.2. The summed E-state index contributed by atoms with van der Waals surface area (Å²) in [7, 11) is 0. The van der Waals surface area contributed by atoms with Crippen LogP contribution in [0.5, 0.6) is 0 Å². The van der Waals surface area contributed by atoms with Crippen LogP contribution in [0, 0.1) is 6.92 Å². The number of halogens is 1. The number of fused-ring (bicyclic) bond motifs is 1. The Kier molecular flexibility index (Phi) is 4.99. The van der Waals surface area contributed by atoms with E-state index in [9.17, 15) is 4.79 Å². The molecule has 2 amide bonds. The number of carbonyl (C=O) groups excluding carboxylic acids is 1. The van der Waals surface area contributed by atoms with Crippen molar-refractivity contribution in [3.05, 3.63) is 52.8 Å². The lowest BCUT2D eigenvalue weighted by atomic mass is 10.1. The van der Waals surface area contributed by atoms with Gasteiger partial charge in [0.05, 0.1) is 17.9 Å². The number of rotatable bonds is 4. The molecule has 0 unspecified atom stereocenters. The Morgan fingerprint density at radius 2 is 1.93 bits per heavy atom. The van der Waals surface area contributed by atoms with Crippen molar-refractivity contribution >= 4 is 23.3 Å². The van der Waals surface area contributed by atoms with Gasteiger partial charge in [-0.25, -0.2) is 14.3 Å². The van der Waals surface area contributed by atoms with E-state index in [1.54, 1.807) is 10.6 Å². The fraction of sp³-hybridized carbons (Fsp3) is 0.350. The van der Waals surface area contributed by atoms with E-state index < -0.39 is 0 Å². The lowest BCUT2D eigenvalue weighted by Gasteiger charge is -2.13. The summed E-state index contributed by atoms with van der Waals surface area (Å²) in [4.78, 5) is 17.0. The molecule has 0 saturated heterocycles. The summed E-state index contributed by atoms with van der Waals surface area (Å²) in [6, 6.07) is 11.8. The first-order chi connectivity index (χ1) is 13.1. The van der Waals surface area contributed by atoms with Crippen LogP contribution in [0.15, 0.2) is 36.4 Å². The van der Waals surface area contributed by atoms with Gasteiger partial charge in [-0.3, -0.25) is 0 Å². The number of aryl methyl sites for hydroxylation is 1.